The fourth-order valence-corrected chi connectivity index (χ4v) is 3.45. The highest BCUT2D eigenvalue weighted by Crippen LogP contribution is 2.26. The van der Waals surface area contributed by atoms with Gasteiger partial charge in [0.25, 0.3) is 0 Å². The van der Waals surface area contributed by atoms with Crippen LogP contribution in [0.3, 0.4) is 0 Å². The van der Waals surface area contributed by atoms with Crippen LogP contribution in [-0.2, 0) is 4.79 Å². The van der Waals surface area contributed by atoms with Gasteiger partial charge in [0.2, 0.25) is 5.91 Å². The van der Waals surface area contributed by atoms with Crippen molar-refractivity contribution in [3.63, 3.8) is 0 Å². The van der Waals surface area contributed by atoms with E-state index in [1.165, 1.54) is 23.3 Å². The molecule has 21 heavy (non-hydrogen) atoms. The number of carbonyl (C=O) groups is 1. The molecule has 0 heterocycles. The molecule has 1 atom stereocenters. The van der Waals surface area contributed by atoms with E-state index in [2.05, 4.69) is 36.5 Å². The minimum atomic E-state index is -0.533. The molecular formula is C17H26N2OS. The topological polar surface area (TPSA) is 55.1 Å². The summed E-state index contributed by atoms with van der Waals surface area (Å²) in [6, 6.07) is 9.09. The van der Waals surface area contributed by atoms with Crippen LogP contribution in [0.1, 0.15) is 44.6 Å². The molecule has 0 aliphatic heterocycles. The average molecular weight is 306 g/mol. The highest BCUT2D eigenvalue weighted by molar-refractivity contribution is 7.99. The molecule has 2 rings (SSSR count). The number of unbranched alkanes of at least 4 members (excludes halogenated alkanes) is 1. The number of benzene rings is 1. The Labute approximate surface area is 132 Å². The van der Waals surface area contributed by atoms with Crippen molar-refractivity contribution >= 4 is 17.7 Å². The monoisotopic (exact) mass is 306 g/mol. The molecule has 1 aromatic carbocycles. The Bertz CT molecular complexity index is 487. The molecule has 1 aliphatic rings. The molecule has 1 aliphatic carbocycles. The minimum absolute atomic E-state index is 0.222. The van der Waals surface area contributed by atoms with E-state index in [9.17, 15) is 4.79 Å². The van der Waals surface area contributed by atoms with Crippen LogP contribution < -0.4 is 11.1 Å². The van der Waals surface area contributed by atoms with Crippen LogP contribution in [-0.4, -0.2) is 23.2 Å². The first-order chi connectivity index (χ1) is 9.99. The Morgan fingerprint density at radius 1 is 1.43 bits per heavy atom. The van der Waals surface area contributed by atoms with Gasteiger partial charge >= 0.3 is 0 Å². The maximum atomic E-state index is 11.7. The van der Waals surface area contributed by atoms with Gasteiger partial charge in [-0.2, -0.15) is 0 Å². The van der Waals surface area contributed by atoms with E-state index in [0.717, 1.165) is 25.0 Å². The van der Waals surface area contributed by atoms with Gasteiger partial charge in [0.1, 0.15) is 0 Å². The molecule has 116 valence electrons. The summed E-state index contributed by atoms with van der Waals surface area (Å²) >= 11 is 1.88. The molecular weight excluding hydrogens is 280 g/mol. The number of nitrogens with one attached hydrogen (secondary N) is 1. The van der Waals surface area contributed by atoms with Crippen LogP contribution in [0.25, 0.3) is 0 Å². The van der Waals surface area contributed by atoms with Crippen LogP contribution >= 0.6 is 11.8 Å². The summed E-state index contributed by atoms with van der Waals surface area (Å²) in [6.07, 6.45) is 5.30. The lowest BCUT2D eigenvalue weighted by molar-refractivity contribution is -0.124. The van der Waals surface area contributed by atoms with Crippen molar-refractivity contribution in [1.29, 1.82) is 0 Å². The Balaban J connectivity index is 1.69. The van der Waals surface area contributed by atoms with Crippen molar-refractivity contribution < 1.29 is 4.79 Å². The van der Waals surface area contributed by atoms with Crippen LogP contribution in [0.5, 0.6) is 0 Å². The van der Waals surface area contributed by atoms with Crippen molar-refractivity contribution in [1.82, 2.24) is 5.32 Å². The Hall–Kier alpha value is -1.00. The van der Waals surface area contributed by atoms with Crippen LogP contribution in [0.15, 0.2) is 29.2 Å². The van der Waals surface area contributed by atoms with E-state index in [-0.39, 0.29) is 5.91 Å². The standard InChI is InChI=1S/C17H26N2OS/c1-13-6-5-7-15(12-13)21-11-4-3-10-17(2,16(18)20)19-14-8-9-14/h5-7,12,14,19H,3-4,8-11H2,1-2H3,(H2,18,20). The molecule has 3 N–H and O–H groups in total. The third-order valence-electron chi connectivity index (χ3n) is 3.97. The van der Waals surface area contributed by atoms with E-state index >= 15 is 0 Å². The lowest BCUT2D eigenvalue weighted by Crippen LogP contribution is -2.53. The van der Waals surface area contributed by atoms with Gasteiger partial charge in [0.05, 0.1) is 5.54 Å². The van der Waals surface area contributed by atoms with Crippen molar-refractivity contribution in [3.8, 4) is 0 Å². The highest BCUT2D eigenvalue weighted by atomic mass is 32.2. The molecule has 1 aromatic rings. The highest BCUT2D eigenvalue weighted by Gasteiger charge is 2.36. The average Bonchev–Trinajstić information content (AvgIpc) is 3.22. The summed E-state index contributed by atoms with van der Waals surface area (Å²) in [6.45, 7) is 4.06. The predicted molar refractivity (Wildman–Crippen MR) is 89.5 cm³/mol. The van der Waals surface area contributed by atoms with Gasteiger partial charge in [-0.15, -0.1) is 11.8 Å². The molecule has 4 heteroatoms. The quantitative estimate of drug-likeness (QED) is 0.544. The summed E-state index contributed by atoms with van der Waals surface area (Å²) in [7, 11) is 0. The summed E-state index contributed by atoms with van der Waals surface area (Å²) in [5.74, 6) is 0.864. The van der Waals surface area contributed by atoms with Crippen LogP contribution in [0.4, 0.5) is 0 Å². The Morgan fingerprint density at radius 2 is 2.19 bits per heavy atom. The maximum Gasteiger partial charge on any atom is 0.237 e. The molecule has 0 radical (unpaired) electrons. The Kier molecular flexibility index (Phi) is 5.71. The molecule has 0 spiro atoms. The zero-order valence-corrected chi connectivity index (χ0v) is 13.8. The summed E-state index contributed by atoms with van der Waals surface area (Å²) in [4.78, 5) is 13.0. The molecule has 1 saturated carbocycles. The molecule has 0 aromatic heterocycles. The lowest BCUT2D eigenvalue weighted by atomic mass is 9.94. The van der Waals surface area contributed by atoms with E-state index in [1.54, 1.807) is 0 Å². The first-order valence-electron chi connectivity index (χ1n) is 7.77. The zero-order valence-electron chi connectivity index (χ0n) is 13.0. The number of aryl methyl sites for hydroxylation is 1. The number of amides is 1. The molecule has 1 amide bonds. The number of carbonyl (C=O) groups excluding carboxylic acids is 1. The number of hydrogen-bond donors (Lipinski definition) is 2. The van der Waals surface area contributed by atoms with E-state index < -0.39 is 5.54 Å². The second kappa shape index (κ2) is 7.32. The molecule has 0 saturated heterocycles. The summed E-state index contributed by atoms with van der Waals surface area (Å²) in [5.41, 5.74) is 6.33. The molecule has 1 fully saturated rings. The van der Waals surface area contributed by atoms with Crippen molar-refractivity contribution in [3.05, 3.63) is 29.8 Å². The second-order valence-electron chi connectivity index (χ2n) is 6.24. The van der Waals surface area contributed by atoms with E-state index in [0.29, 0.717) is 6.04 Å². The number of nitrogens with two attached hydrogens (primary N) is 1. The van der Waals surface area contributed by atoms with Gasteiger partial charge in [0.15, 0.2) is 0 Å². The van der Waals surface area contributed by atoms with Gasteiger partial charge < -0.3 is 11.1 Å². The predicted octanol–water partition coefficient (Wildman–Crippen LogP) is 3.25. The zero-order chi connectivity index (χ0) is 15.3. The molecule has 1 unspecified atom stereocenters. The van der Waals surface area contributed by atoms with Crippen molar-refractivity contribution in [2.75, 3.05) is 5.75 Å². The number of rotatable bonds is 9. The van der Waals surface area contributed by atoms with Crippen molar-refractivity contribution in [2.45, 2.75) is 62.4 Å². The van der Waals surface area contributed by atoms with Crippen molar-refractivity contribution in [2.24, 2.45) is 5.73 Å². The molecule has 0 bridgehead atoms. The van der Waals surface area contributed by atoms with Gasteiger partial charge in [-0.1, -0.05) is 24.1 Å². The second-order valence-corrected chi connectivity index (χ2v) is 7.41. The number of hydrogen-bond acceptors (Lipinski definition) is 3. The lowest BCUT2D eigenvalue weighted by Gasteiger charge is -2.27. The number of thioether (sulfide) groups is 1. The fourth-order valence-electron chi connectivity index (χ4n) is 2.42. The van der Waals surface area contributed by atoms with Gasteiger partial charge in [-0.25, -0.2) is 0 Å². The Morgan fingerprint density at radius 3 is 2.81 bits per heavy atom. The maximum absolute atomic E-state index is 11.7. The van der Waals surface area contributed by atoms with Crippen LogP contribution in [0.2, 0.25) is 0 Å². The SMILES string of the molecule is Cc1cccc(SCCCCC(C)(NC2CC2)C(N)=O)c1. The molecule has 3 nitrogen and oxygen atoms in total. The fraction of sp³-hybridized carbons (Fsp3) is 0.588. The van der Waals surface area contributed by atoms with Gasteiger partial charge in [-0.05, 0) is 57.4 Å². The van der Waals surface area contributed by atoms with Gasteiger partial charge in [-0.3, -0.25) is 4.79 Å². The van der Waals surface area contributed by atoms with Gasteiger partial charge in [0, 0.05) is 10.9 Å². The normalized spacial score (nSPS) is 17.4. The third-order valence-corrected chi connectivity index (χ3v) is 5.05. The first kappa shape index (κ1) is 16.4. The minimum Gasteiger partial charge on any atom is -0.368 e. The largest absolute Gasteiger partial charge is 0.368 e. The third kappa shape index (κ3) is 5.36. The van der Waals surface area contributed by atoms with E-state index in [1.807, 2.05) is 18.7 Å². The number of primary amides is 1. The summed E-state index contributed by atoms with van der Waals surface area (Å²) < 4.78 is 0. The smallest absolute Gasteiger partial charge is 0.237 e. The van der Waals surface area contributed by atoms with E-state index in [4.69, 9.17) is 5.73 Å². The summed E-state index contributed by atoms with van der Waals surface area (Å²) in [5, 5.41) is 3.40. The van der Waals surface area contributed by atoms with Crippen LogP contribution in [0, 0.1) is 6.92 Å². The first-order valence-corrected chi connectivity index (χ1v) is 8.75.